The molecule has 0 atom stereocenters. The van der Waals surface area contributed by atoms with E-state index in [1.165, 1.54) is 5.56 Å². The molecule has 0 unspecified atom stereocenters. The van der Waals surface area contributed by atoms with Gasteiger partial charge in [0.1, 0.15) is 5.75 Å². The number of anilines is 1. The molecular weight excluding hydrogens is 250 g/mol. The van der Waals surface area contributed by atoms with Gasteiger partial charge in [-0.15, -0.1) is 0 Å². The normalized spacial score (nSPS) is 10.0. The highest BCUT2D eigenvalue weighted by molar-refractivity contribution is 5.48. The Labute approximate surface area is 119 Å². The maximum atomic E-state index is 8.47. The fraction of sp³-hybridized carbons (Fsp3) is 0.312. The van der Waals surface area contributed by atoms with E-state index in [0.717, 1.165) is 24.4 Å². The topological polar surface area (TPSA) is 50.0 Å². The molecule has 4 nitrogen and oxygen atoms in total. The zero-order valence-corrected chi connectivity index (χ0v) is 11.7. The van der Waals surface area contributed by atoms with Gasteiger partial charge in [0, 0.05) is 44.2 Å². The summed E-state index contributed by atoms with van der Waals surface area (Å²) in [6, 6.07) is 12.1. The second-order valence-corrected chi connectivity index (χ2v) is 4.68. The van der Waals surface area contributed by atoms with Crippen molar-refractivity contribution in [2.24, 2.45) is 7.05 Å². The van der Waals surface area contributed by atoms with Crippen LogP contribution in [0.25, 0.3) is 0 Å². The van der Waals surface area contributed by atoms with Crippen LogP contribution in [0.15, 0.2) is 42.7 Å². The smallest absolute Gasteiger partial charge is 0.121 e. The van der Waals surface area contributed by atoms with Gasteiger partial charge in [0.05, 0.1) is 12.7 Å². The van der Waals surface area contributed by atoms with Gasteiger partial charge in [-0.2, -0.15) is 5.26 Å². The van der Waals surface area contributed by atoms with Gasteiger partial charge in [0.15, 0.2) is 0 Å². The van der Waals surface area contributed by atoms with E-state index in [-0.39, 0.29) is 0 Å². The molecule has 0 aliphatic carbocycles. The van der Waals surface area contributed by atoms with Gasteiger partial charge in [-0.25, -0.2) is 0 Å². The number of rotatable bonds is 7. The van der Waals surface area contributed by atoms with Gasteiger partial charge in [-0.3, -0.25) is 0 Å². The molecule has 0 saturated carbocycles. The first-order chi connectivity index (χ1) is 9.78. The van der Waals surface area contributed by atoms with Crippen LogP contribution in [0.1, 0.15) is 18.4 Å². The molecule has 0 bridgehead atoms. The zero-order valence-electron chi connectivity index (χ0n) is 11.7. The molecule has 104 valence electrons. The van der Waals surface area contributed by atoms with Crippen molar-refractivity contribution in [2.45, 2.75) is 19.4 Å². The molecule has 4 heteroatoms. The number of nitrogens with zero attached hydrogens (tertiary/aromatic N) is 2. The summed E-state index contributed by atoms with van der Waals surface area (Å²) in [5, 5.41) is 11.8. The maximum Gasteiger partial charge on any atom is 0.121 e. The Morgan fingerprint density at radius 2 is 2.25 bits per heavy atom. The Kier molecular flexibility index (Phi) is 5.08. The van der Waals surface area contributed by atoms with E-state index in [1.54, 1.807) is 0 Å². The number of nitriles is 1. The second kappa shape index (κ2) is 7.25. The van der Waals surface area contributed by atoms with Crippen molar-refractivity contribution in [1.82, 2.24) is 4.57 Å². The molecule has 20 heavy (non-hydrogen) atoms. The molecule has 0 spiro atoms. The third-order valence-electron chi connectivity index (χ3n) is 2.93. The predicted octanol–water partition coefficient (Wildman–Crippen LogP) is 3.32. The van der Waals surface area contributed by atoms with E-state index in [0.29, 0.717) is 13.0 Å². The molecule has 2 rings (SSSR count). The third kappa shape index (κ3) is 4.36. The lowest BCUT2D eigenvalue weighted by molar-refractivity contribution is 0.313. The van der Waals surface area contributed by atoms with E-state index >= 15 is 0 Å². The molecule has 0 fully saturated rings. The van der Waals surface area contributed by atoms with Crippen LogP contribution in [-0.2, 0) is 13.6 Å². The van der Waals surface area contributed by atoms with Gasteiger partial charge in [-0.1, -0.05) is 6.07 Å². The third-order valence-corrected chi connectivity index (χ3v) is 2.93. The molecule has 0 aliphatic heterocycles. The number of hydrogen-bond acceptors (Lipinski definition) is 3. The van der Waals surface area contributed by atoms with E-state index in [9.17, 15) is 0 Å². The van der Waals surface area contributed by atoms with E-state index in [2.05, 4.69) is 23.6 Å². The minimum absolute atomic E-state index is 0.534. The standard InChI is InChI=1S/C16H19N3O/c1-19-9-7-14(13-19)12-18-15-5-4-6-16(11-15)20-10-3-2-8-17/h4-7,9,11,13,18H,2-3,10,12H2,1H3. The molecule has 1 aromatic heterocycles. The van der Waals surface area contributed by atoms with Crippen LogP contribution >= 0.6 is 0 Å². The van der Waals surface area contributed by atoms with Gasteiger partial charge < -0.3 is 14.6 Å². The number of unbranched alkanes of at least 4 members (excludes halogenated alkanes) is 1. The average molecular weight is 269 g/mol. The van der Waals surface area contributed by atoms with Crippen LogP contribution in [0, 0.1) is 11.3 Å². The highest BCUT2D eigenvalue weighted by Crippen LogP contribution is 2.18. The van der Waals surface area contributed by atoms with Gasteiger partial charge >= 0.3 is 0 Å². The SMILES string of the molecule is Cn1ccc(CNc2cccc(OCCCC#N)c2)c1. The van der Waals surface area contributed by atoms with E-state index in [1.807, 2.05) is 42.1 Å². The maximum absolute atomic E-state index is 8.47. The zero-order chi connectivity index (χ0) is 14.2. The molecule has 2 aromatic rings. The summed E-state index contributed by atoms with van der Waals surface area (Å²) in [6.07, 6.45) is 5.42. The summed E-state index contributed by atoms with van der Waals surface area (Å²) in [7, 11) is 2.01. The highest BCUT2D eigenvalue weighted by Gasteiger charge is 1.98. The number of nitrogens with one attached hydrogen (secondary N) is 1. The summed E-state index contributed by atoms with van der Waals surface area (Å²) in [5.74, 6) is 0.834. The Hall–Kier alpha value is -2.41. The summed E-state index contributed by atoms with van der Waals surface area (Å²) in [6.45, 7) is 1.37. The molecule has 0 amide bonds. The minimum Gasteiger partial charge on any atom is -0.493 e. The van der Waals surface area contributed by atoms with Crippen molar-refractivity contribution in [3.8, 4) is 11.8 Å². The largest absolute Gasteiger partial charge is 0.493 e. The van der Waals surface area contributed by atoms with Crippen LogP contribution in [0.2, 0.25) is 0 Å². The Morgan fingerprint density at radius 3 is 3.00 bits per heavy atom. The molecular formula is C16H19N3O. The van der Waals surface area contributed by atoms with Crippen LogP contribution in [0.5, 0.6) is 5.75 Å². The Bertz CT molecular complexity index is 583. The van der Waals surface area contributed by atoms with Crippen LogP contribution in [0.4, 0.5) is 5.69 Å². The molecule has 0 aliphatic rings. The quantitative estimate of drug-likeness (QED) is 0.784. The lowest BCUT2D eigenvalue weighted by atomic mass is 10.2. The molecule has 1 N–H and O–H groups in total. The summed E-state index contributed by atoms with van der Waals surface area (Å²) in [4.78, 5) is 0. The fourth-order valence-corrected chi connectivity index (χ4v) is 1.91. The lowest BCUT2D eigenvalue weighted by Gasteiger charge is -2.09. The van der Waals surface area contributed by atoms with Crippen LogP contribution in [0.3, 0.4) is 0 Å². The van der Waals surface area contributed by atoms with Crippen molar-refractivity contribution in [2.75, 3.05) is 11.9 Å². The second-order valence-electron chi connectivity index (χ2n) is 4.68. The first kappa shape index (κ1) is 14.0. The summed E-state index contributed by atoms with van der Waals surface area (Å²) >= 11 is 0. The van der Waals surface area contributed by atoms with Crippen molar-refractivity contribution in [3.63, 3.8) is 0 Å². The number of aromatic nitrogens is 1. The Balaban J connectivity index is 1.84. The van der Waals surface area contributed by atoms with Gasteiger partial charge in [0.25, 0.3) is 0 Å². The lowest BCUT2D eigenvalue weighted by Crippen LogP contribution is -2.00. The van der Waals surface area contributed by atoms with Crippen LogP contribution < -0.4 is 10.1 Å². The van der Waals surface area contributed by atoms with Crippen molar-refractivity contribution < 1.29 is 4.74 Å². The predicted molar refractivity (Wildman–Crippen MR) is 79.5 cm³/mol. The Morgan fingerprint density at radius 1 is 1.35 bits per heavy atom. The summed E-state index contributed by atoms with van der Waals surface area (Å²) < 4.78 is 7.64. The molecule has 0 saturated heterocycles. The number of benzene rings is 1. The number of ether oxygens (including phenoxy) is 1. The number of aryl methyl sites for hydroxylation is 1. The monoisotopic (exact) mass is 269 g/mol. The highest BCUT2D eigenvalue weighted by atomic mass is 16.5. The summed E-state index contributed by atoms with van der Waals surface area (Å²) in [5.41, 5.74) is 2.28. The minimum atomic E-state index is 0.534. The van der Waals surface area contributed by atoms with Crippen molar-refractivity contribution in [3.05, 3.63) is 48.3 Å². The van der Waals surface area contributed by atoms with Crippen LogP contribution in [-0.4, -0.2) is 11.2 Å². The molecule has 1 heterocycles. The molecule has 1 aromatic carbocycles. The van der Waals surface area contributed by atoms with Gasteiger partial charge in [-0.05, 0) is 30.2 Å². The van der Waals surface area contributed by atoms with Crippen molar-refractivity contribution >= 4 is 5.69 Å². The van der Waals surface area contributed by atoms with E-state index in [4.69, 9.17) is 10.00 Å². The fourth-order valence-electron chi connectivity index (χ4n) is 1.91. The number of hydrogen-bond donors (Lipinski definition) is 1. The average Bonchev–Trinajstić information content (AvgIpc) is 2.88. The molecule has 0 radical (unpaired) electrons. The first-order valence-electron chi connectivity index (χ1n) is 6.72. The van der Waals surface area contributed by atoms with Gasteiger partial charge in [0.2, 0.25) is 0 Å². The first-order valence-corrected chi connectivity index (χ1v) is 6.72. The van der Waals surface area contributed by atoms with Crippen molar-refractivity contribution in [1.29, 1.82) is 5.26 Å². The van der Waals surface area contributed by atoms with E-state index < -0.39 is 0 Å².